The van der Waals surface area contributed by atoms with Crippen molar-refractivity contribution in [3.8, 4) is 0 Å². The zero-order valence-electron chi connectivity index (χ0n) is 14.0. The Morgan fingerprint density at radius 2 is 1.86 bits per heavy atom. The normalized spacial score (nSPS) is 17.9. The van der Waals surface area contributed by atoms with Crippen molar-refractivity contribution < 1.29 is 18.5 Å². The molecule has 7 heteroatoms. The SMILES string of the molecule is CCOC(=O)C1CCN(C(=O)NCCS(=O)C(C)(C)C)CC1. The van der Waals surface area contributed by atoms with Gasteiger partial charge in [0.2, 0.25) is 0 Å². The van der Waals surface area contributed by atoms with Crippen LogP contribution in [0, 0.1) is 5.92 Å². The number of carbonyl (C=O) groups excluding carboxylic acids is 2. The molecule has 1 aliphatic rings. The van der Waals surface area contributed by atoms with E-state index in [1.54, 1.807) is 11.8 Å². The van der Waals surface area contributed by atoms with Crippen LogP contribution in [0.2, 0.25) is 0 Å². The van der Waals surface area contributed by atoms with Crippen molar-refractivity contribution in [2.45, 2.75) is 45.3 Å². The first-order chi connectivity index (χ1) is 10.3. The third-order valence-corrected chi connectivity index (χ3v) is 5.59. The van der Waals surface area contributed by atoms with Crippen LogP contribution >= 0.6 is 0 Å². The maximum Gasteiger partial charge on any atom is 0.317 e. The fourth-order valence-corrected chi connectivity index (χ4v) is 3.15. The molecule has 22 heavy (non-hydrogen) atoms. The number of amides is 2. The lowest BCUT2D eigenvalue weighted by atomic mass is 9.97. The number of hydrogen-bond acceptors (Lipinski definition) is 4. The summed E-state index contributed by atoms with van der Waals surface area (Å²) < 4.78 is 16.6. The fraction of sp³-hybridized carbons (Fsp3) is 0.867. The maximum atomic E-state index is 12.0. The Labute approximate surface area is 135 Å². The molecule has 1 rings (SSSR count). The Hall–Kier alpha value is -1.11. The Morgan fingerprint density at radius 1 is 1.27 bits per heavy atom. The summed E-state index contributed by atoms with van der Waals surface area (Å²) >= 11 is 0. The zero-order valence-corrected chi connectivity index (χ0v) is 14.8. The summed E-state index contributed by atoms with van der Waals surface area (Å²) in [6.07, 6.45) is 1.28. The minimum atomic E-state index is -0.967. The van der Waals surface area contributed by atoms with Gasteiger partial charge >= 0.3 is 12.0 Å². The number of piperidine rings is 1. The van der Waals surface area contributed by atoms with Gasteiger partial charge in [0, 0.05) is 40.9 Å². The van der Waals surface area contributed by atoms with Crippen molar-refractivity contribution in [3.05, 3.63) is 0 Å². The molecule has 2 amide bonds. The number of esters is 1. The molecular weight excluding hydrogens is 304 g/mol. The van der Waals surface area contributed by atoms with Crippen molar-refractivity contribution >= 4 is 22.8 Å². The van der Waals surface area contributed by atoms with Crippen molar-refractivity contribution in [1.29, 1.82) is 0 Å². The summed E-state index contributed by atoms with van der Waals surface area (Å²) in [5.74, 6) is 0.190. The van der Waals surface area contributed by atoms with Gasteiger partial charge in [-0.25, -0.2) is 4.79 Å². The molecule has 1 N–H and O–H groups in total. The molecule has 0 radical (unpaired) electrons. The van der Waals surface area contributed by atoms with Crippen LogP contribution in [0.1, 0.15) is 40.5 Å². The van der Waals surface area contributed by atoms with E-state index in [9.17, 15) is 13.8 Å². The summed E-state index contributed by atoms with van der Waals surface area (Å²) in [6.45, 7) is 9.46. The highest BCUT2D eigenvalue weighted by Crippen LogP contribution is 2.18. The van der Waals surface area contributed by atoms with Gasteiger partial charge in [0.25, 0.3) is 0 Å². The lowest BCUT2D eigenvalue weighted by Gasteiger charge is -2.31. The minimum absolute atomic E-state index is 0.0996. The van der Waals surface area contributed by atoms with Crippen LogP contribution < -0.4 is 5.32 Å². The van der Waals surface area contributed by atoms with Crippen molar-refractivity contribution in [1.82, 2.24) is 10.2 Å². The lowest BCUT2D eigenvalue weighted by molar-refractivity contribution is -0.149. The lowest BCUT2D eigenvalue weighted by Crippen LogP contribution is -2.46. The Morgan fingerprint density at radius 3 is 2.36 bits per heavy atom. The summed E-state index contributed by atoms with van der Waals surface area (Å²) in [6, 6.07) is -0.145. The third kappa shape index (κ3) is 5.94. The summed E-state index contributed by atoms with van der Waals surface area (Å²) in [5, 5.41) is 2.80. The molecule has 1 atom stereocenters. The topological polar surface area (TPSA) is 75.7 Å². The molecule has 1 aliphatic heterocycles. The van der Waals surface area contributed by atoms with Gasteiger partial charge in [-0.1, -0.05) is 0 Å². The van der Waals surface area contributed by atoms with Crippen molar-refractivity contribution in [2.75, 3.05) is 32.0 Å². The predicted molar refractivity (Wildman–Crippen MR) is 87.1 cm³/mol. The van der Waals surface area contributed by atoms with Gasteiger partial charge in [-0.15, -0.1) is 0 Å². The molecule has 1 saturated heterocycles. The van der Waals surface area contributed by atoms with Gasteiger partial charge in [-0.3, -0.25) is 9.00 Å². The second-order valence-electron chi connectivity index (χ2n) is 6.41. The van der Waals surface area contributed by atoms with E-state index in [0.29, 0.717) is 44.8 Å². The number of carbonyl (C=O) groups is 2. The quantitative estimate of drug-likeness (QED) is 0.775. The van der Waals surface area contributed by atoms with Crippen LogP contribution in [0.15, 0.2) is 0 Å². The van der Waals surface area contributed by atoms with Crippen LogP contribution in [-0.4, -0.2) is 57.9 Å². The smallest absolute Gasteiger partial charge is 0.317 e. The number of likely N-dealkylation sites (tertiary alicyclic amines) is 1. The molecule has 1 unspecified atom stereocenters. The van der Waals surface area contributed by atoms with Crippen molar-refractivity contribution in [3.63, 3.8) is 0 Å². The van der Waals surface area contributed by atoms with E-state index < -0.39 is 10.8 Å². The highest BCUT2D eigenvalue weighted by Gasteiger charge is 2.28. The monoisotopic (exact) mass is 332 g/mol. The standard InChI is InChI=1S/C15H28N2O4S/c1-5-21-13(18)12-6-9-17(10-7-12)14(19)16-8-11-22(20)15(2,3)4/h12H,5-11H2,1-4H3,(H,16,19). The molecule has 0 aromatic heterocycles. The third-order valence-electron chi connectivity index (χ3n) is 3.65. The average molecular weight is 332 g/mol. The molecule has 6 nitrogen and oxygen atoms in total. The molecular formula is C15H28N2O4S. The van der Waals surface area contributed by atoms with E-state index in [0.717, 1.165) is 0 Å². The largest absolute Gasteiger partial charge is 0.466 e. The highest BCUT2D eigenvalue weighted by atomic mass is 32.2. The first-order valence-electron chi connectivity index (χ1n) is 7.83. The fourth-order valence-electron chi connectivity index (χ4n) is 2.25. The average Bonchev–Trinajstić information content (AvgIpc) is 2.46. The molecule has 0 bridgehead atoms. The molecule has 0 aliphatic carbocycles. The maximum absolute atomic E-state index is 12.0. The van der Waals surface area contributed by atoms with Gasteiger partial charge in [0.15, 0.2) is 0 Å². The number of nitrogens with zero attached hydrogens (tertiary/aromatic N) is 1. The highest BCUT2D eigenvalue weighted by molar-refractivity contribution is 7.86. The molecule has 0 spiro atoms. The first-order valence-corrected chi connectivity index (χ1v) is 9.15. The summed E-state index contributed by atoms with van der Waals surface area (Å²) in [7, 11) is -0.967. The van der Waals surface area contributed by atoms with Gasteiger partial charge in [-0.05, 0) is 40.5 Å². The number of hydrogen-bond donors (Lipinski definition) is 1. The van der Waals surface area contributed by atoms with Gasteiger partial charge in [0.1, 0.15) is 0 Å². The Bertz CT molecular complexity index is 412. The van der Waals surface area contributed by atoms with Crippen LogP contribution in [-0.2, 0) is 20.3 Å². The molecule has 0 saturated carbocycles. The van der Waals surface area contributed by atoms with E-state index in [2.05, 4.69) is 5.32 Å². The van der Waals surface area contributed by atoms with Gasteiger partial charge in [-0.2, -0.15) is 0 Å². The minimum Gasteiger partial charge on any atom is -0.466 e. The number of ether oxygens (including phenoxy) is 1. The first kappa shape index (κ1) is 18.9. The zero-order chi connectivity index (χ0) is 16.8. The molecule has 1 fully saturated rings. The molecule has 0 aromatic carbocycles. The van der Waals surface area contributed by atoms with Crippen LogP contribution in [0.3, 0.4) is 0 Å². The van der Waals surface area contributed by atoms with E-state index >= 15 is 0 Å². The Kier molecular flexibility index (Phi) is 7.32. The van der Waals surface area contributed by atoms with Crippen molar-refractivity contribution in [2.24, 2.45) is 5.92 Å². The Balaban J connectivity index is 2.28. The van der Waals surface area contributed by atoms with E-state index in [4.69, 9.17) is 4.74 Å². The molecule has 0 aromatic rings. The molecule has 128 valence electrons. The van der Waals surface area contributed by atoms with E-state index in [-0.39, 0.29) is 22.7 Å². The number of urea groups is 1. The number of nitrogens with one attached hydrogen (secondary N) is 1. The van der Waals surface area contributed by atoms with E-state index in [1.165, 1.54) is 0 Å². The number of rotatable bonds is 5. The van der Waals surface area contributed by atoms with Crippen LogP contribution in [0.4, 0.5) is 4.79 Å². The second-order valence-corrected chi connectivity index (χ2v) is 8.73. The van der Waals surface area contributed by atoms with Crippen LogP contribution in [0.25, 0.3) is 0 Å². The van der Waals surface area contributed by atoms with Gasteiger partial charge in [0.05, 0.1) is 12.5 Å². The second kappa shape index (κ2) is 8.50. The summed E-state index contributed by atoms with van der Waals surface area (Å²) in [4.78, 5) is 25.4. The van der Waals surface area contributed by atoms with Crippen LogP contribution in [0.5, 0.6) is 0 Å². The van der Waals surface area contributed by atoms with Gasteiger partial charge < -0.3 is 15.0 Å². The predicted octanol–water partition coefficient (Wildman–Crippen LogP) is 1.52. The van der Waals surface area contributed by atoms with E-state index in [1.807, 2.05) is 20.8 Å². The molecule has 1 heterocycles. The summed E-state index contributed by atoms with van der Waals surface area (Å²) in [5.41, 5.74) is 0.